The van der Waals surface area contributed by atoms with Crippen molar-refractivity contribution >= 4 is 17.0 Å². The first-order valence-electron chi connectivity index (χ1n) is 7.44. The molecule has 1 N–H and O–H groups in total. The Bertz CT molecular complexity index is 692. The highest BCUT2D eigenvalue weighted by Crippen LogP contribution is 2.21. The molecule has 114 valence electrons. The fraction of sp³-hybridized carbons (Fsp3) is 0.643. The Morgan fingerprint density at radius 1 is 1.43 bits per heavy atom. The number of fused-ring (bicyclic) bond motifs is 1. The molecule has 0 spiro atoms. The number of aromatic nitrogens is 4. The normalized spacial score (nSPS) is 22.9. The van der Waals surface area contributed by atoms with Gasteiger partial charge in [0.15, 0.2) is 5.65 Å². The van der Waals surface area contributed by atoms with Crippen LogP contribution in [0, 0.1) is 0 Å². The van der Waals surface area contributed by atoms with Crippen molar-refractivity contribution in [3.63, 3.8) is 0 Å². The second-order valence-electron chi connectivity index (χ2n) is 5.47. The van der Waals surface area contributed by atoms with Gasteiger partial charge in [-0.2, -0.15) is 10.1 Å². The van der Waals surface area contributed by atoms with E-state index in [0.29, 0.717) is 23.6 Å². The summed E-state index contributed by atoms with van der Waals surface area (Å²) in [4.78, 5) is 21.8. The molecule has 0 bridgehead atoms. The SMILES string of the molecule is CCC1CN(c2nc3c(cnn3C)c(=O)[nH]2)C(CC)CO1. The summed E-state index contributed by atoms with van der Waals surface area (Å²) in [7, 11) is 1.80. The maximum atomic E-state index is 12.2. The van der Waals surface area contributed by atoms with Gasteiger partial charge < -0.3 is 9.64 Å². The van der Waals surface area contributed by atoms with Crippen LogP contribution in [-0.4, -0.2) is 45.0 Å². The van der Waals surface area contributed by atoms with Gasteiger partial charge >= 0.3 is 0 Å². The maximum absolute atomic E-state index is 12.2. The number of ether oxygens (including phenoxy) is 1. The van der Waals surface area contributed by atoms with Gasteiger partial charge in [0.2, 0.25) is 5.95 Å². The quantitative estimate of drug-likeness (QED) is 0.914. The molecule has 7 heteroatoms. The van der Waals surface area contributed by atoms with E-state index in [2.05, 4.69) is 33.8 Å². The van der Waals surface area contributed by atoms with Crippen molar-refractivity contribution in [2.45, 2.75) is 38.8 Å². The van der Waals surface area contributed by atoms with Gasteiger partial charge in [0.1, 0.15) is 5.39 Å². The summed E-state index contributed by atoms with van der Waals surface area (Å²) in [5, 5.41) is 4.63. The average molecular weight is 291 g/mol. The summed E-state index contributed by atoms with van der Waals surface area (Å²) in [5.41, 5.74) is 0.473. The molecule has 0 radical (unpaired) electrons. The number of morpholine rings is 1. The lowest BCUT2D eigenvalue weighted by Crippen LogP contribution is -2.50. The summed E-state index contributed by atoms with van der Waals surface area (Å²) in [6.07, 6.45) is 3.63. The molecule has 2 atom stereocenters. The zero-order valence-corrected chi connectivity index (χ0v) is 12.7. The number of hydrogen-bond acceptors (Lipinski definition) is 5. The predicted molar refractivity (Wildman–Crippen MR) is 80.6 cm³/mol. The summed E-state index contributed by atoms with van der Waals surface area (Å²) in [5.74, 6) is 0.615. The molecule has 2 aromatic rings. The van der Waals surface area contributed by atoms with Crippen molar-refractivity contribution in [2.75, 3.05) is 18.1 Å². The van der Waals surface area contributed by atoms with Crippen LogP contribution in [0.1, 0.15) is 26.7 Å². The van der Waals surface area contributed by atoms with Crippen LogP contribution in [0.5, 0.6) is 0 Å². The highest BCUT2D eigenvalue weighted by atomic mass is 16.5. The van der Waals surface area contributed by atoms with Gasteiger partial charge in [-0.25, -0.2) is 0 Å². The standard InChI is InChI=1S/C14H21N5O2/c1-4-9-8-21-10(5-2)7-19(9)14-16-12-11(13(20)17-14)6-15-18(12)3/h6,9-10H,4-5,7-8H2,1-3H3,(H,16,17,20). The molecule has 3 rings (SSSR count). The second-order valence-corrected chi connectivity index (χ2v) is 5.47. The zero-order valence-electron chi connectivity index (χ0n) is 12.7. The smallest absolute Gasteiger partial charge is 0.263 e. The number of aromatic amines is 1. The van der Waals surface area contributed by atoms with Gasteiger partial charge in [-0.1, -0.05) is 13.8 Å². The van der Waals surface area contributed by atoms with E-state index in [1.807, 2.05) is 0 Å². The van der Waals surface area contributed by atoms with Crippen molar-refractivity contribution in [3.05, 3.63) is 16.6 Å². The number of aryl methyl sites for hydroxylation is 1. The third kappa shape index (κ3) is 2.42. The topological polar surface area (TPSA) is 76.0 Å². The summed E-state index contributed by atoms with van der Waals surface area (Å²) in [6, 6.07) is 0.238. The Hall–Kier alpha value is -1.89. The molecule has 0 aliphatic carbocycles. The van der Waals surface area contributed by atoms with Gasteiger partial charge in [-0.05, 0) is 12.8 Å². The van der Waals surface area contributed by atoms with Crippen molar-refractivity contribution in [1.29, 1.82) is 0 Å². The van der Waals surface area contributed by atoms with E-state index in [0.717, 1.165) is 19.4 Å². The van der Waals surface area contributed by atoms with Crippen molar-refractivity contribution < 1.29 is 4.74 Å². The lowest BCUT2D eigenvalue weighted by molar-refractivity contribution is 0.0160. The molecule has 0 saturated carbocycles. The number of nitrogens with one attached hydrogen (secondary N) is 1. The molecule has 1 aliphatic rings. The van der Waals surface area contributed by atoms with Crippen LogP contribution in [0.4, 0.5) is 5.95 Å². The van der Waals surface area contributed by atoms with E-state index in [9.17, 15) is 4.79 Å². The fourth-order valence-corrected chi connectivity index (χ4v) is 2.76. The molecule has 0 amide bonds. The molecule has 2 aromatic heterocycles. The summed E-state index contributed by atoms with van der Waals surface area (Å²) < 4.78 is 7.46. The van der Waals surface area contributed by atoms with Crippen LogP contribution in [0.15, 0.2) is 11.0 Å². The molecule has 1 fully saturated rings. The molecule has 1 saturated heterocycles. The zero-order chi connectivity index (χ0) is 15.0. The first kappa shape index (κ1) is 14.1. The van der Waals surface area contributed by atoms with Crippen LogP contribution in [-0.2, 0) is 11.8 Å². The second kappa shape index (κ2) is 5.48. The van der Waals surface area contributed by atoms with Crippen LogP contribution in [0.3, 0.4) is 0 Å². The number of nitrogens with zero attached hydrogens (tertiary/aromatic N) is 4. The molecule has 3 heterocycles. The number of hydrogen-bond donors (Lipinski definition) is 1. The molecule has 2 unspecified atom stereocenters. The Kier molecular flexibility index (Phi) is 3.67. The largest absolute Gasteiger partial charge is 0.374 e. The maximum Gasteiger partial charge on any atom is 0.263 e. The van der Waals surface area contributed by atoms with Gasteiger partial charge in [0.05, 0.1) is 24.9 Å². The Morgan fingerprint density at radius 2 is 2.24 bits per heavy atom. The molecule has 21 heavy (non-hydrogen) atoms. The van der Waals surface area contributed by atoms with Crippen molar-refractivity contribution in [2.24, 2.45) is 7.05 Å². The van der Waals surface area contributed by atoms with E-state index < -0.39 is 0 Å². The van der Waals surface area contributed by atoms with Gasteiger partial charge in [-0.15, -0.1) is 0 Å². The van der Waals surface area contributed by atoms with Crippen molar-refractivity contribution in [1.82, 2.24) is 19.7 Å². The molecule has 0 aromatic carbocycles. The summed E-state index contributed by atoms with van der Waals surface area (Å²) >= 11 is 0. The average Bonchev–Trinajstić information content (AvgIpc) is 2.88. The van der Waals surface area contributed by atoms with E-state index >= 15 is 0 Å². The molecule has 1 aliphatic heterocycles. The monoisotopic (exact) mass is 291 g/mol. The van der Waals surface area contributed by atoms with Gasteiger partial charge in [0, 0.05) is 13.6 Å². The van der Waals surface area contributed by atoms with Gasteiger partial charge in [-0.3, -0.25) is 14.5 Å². The highest BCUT2D eigenvalue weighted by molar-refractivity contribution is 5.74. The number of rotatable bonds is 3. The van der Waals surface area contributed by atoms with E-state index in [1.165, 1.54) is 0 Å². The first-order valence-corrected chi connectivity index (χ1v) is 7.44. The van der Waals surface area contributed by atoms with E-state index in [-0.39, 0.29) is 17.7 Å². The highest BCUT2D eigenvalue weighted by Gasteiger charge is 2.29. The van der Waals surface area contributed by atoms with Crippen molar-refractivity contribution in [3.8, 4) is 0 Å². The molecular weight excluding hydrogens is 270 g/mol. The van der Waals surface area contributed by atoms with E-state index in [4.69, 9.17) is 4.74 Å². The van der Waals surface area contributed by atoms with Crippen LogP contribution < -0.4 is 10.5 Å². The van der Waals surface area contributed by atoms with Crippen LogP contribution in [0.25, 0.3) is 11.0 Å². The van der Waals surface area contributed by atoms with Crippen LogP contribution in [0.2, 0.25) is 0 Å². The number of H-pyrrole nitrogens is 1. The Morgan fingerprint density at radius 3 is 2.95 bits per heavy atom. The number of anilines is 1. The van der Waals surface area contributed by atoms with Crippen LogP contribution >= 0.6 is 0 Å². The predicted octanol–water partition coefficient (Wildman–Crippen LogP) is 1.05. The van der Waals surface area contributed by atoms with E-state index in [1.54, 1.807) is 17.9 Å². The minimum absolute atomic E-state index is 0.141. The lowest BCUT2D eigenvalue weighted by Gasteiger charge is -2.39. The molecular formula is C14H21N5O2. The summed E-state index contributed by atoms with van der Waals surface area (Å²) in [6.45, 7) is 5.65. The Balaban J connectivity index is 2.04. The fourth-order valence-electron chi connectivity index (χ4n) is 2.76. The minimum atomic E-state index is -0.141. The minimum Gasteiger partial charge on any atom is -0.374 e. The third-order valence-corrected chi connectivity index (χ3v) is 4.15. The Labute approximate surface area is 122 Å². The lowest BCUT2D eigenvalue weighted by atomic mass is 10.1. The first-order chi connectivity index (χ1) is 10.1. The van der Waals surface area contributed by atoms with Gasteiger partial charge in [0.25, 0.3) is 5.56 Å². The third-order valence-electron chi connectivity index (χ3n) is 4.15. The molecule has 7 nitrogen and oxygen atoms in total.